The van der Waals surface area contributed by atoms with Crippen LogP contribution in [0.4, 0.5) is 0 Å². The van der Waals surface area contributed by atoms with E-state index in [-0.39, 0.29) is 5.48 Å². The molecule has 8 heavy (non-hydrogen) atoms. The van der Waals surface area contributed by atoms with Gasteiger partial charge in [-0.05, 0) is 13.8 Å². The molecule has 0 bridgehead atoms. The van der Waals surface area contributed by atoms with Crippen LogP contribution in [0.2, 0.25) is 0 Å². The Morgan fingerprint density at radius 2 is 1.75 bits per heavy atom. The van der Waals surface area contributed by atoms with Crippen LogP contribution in [0.15, 0.2) is 0 Å². The van der Waals surface area contributed by atoms with Gasteiger partial charge in [-0.1, -0.05) is 0 Å². The molecule has 0 saturated carbocycles. The Labute approximate surface area is 51.2 Å². The van der Waals surface area contributed by atoms with Crippen LogP contribution in [-0.2, 0) is 4.74 Å². The largest absolute Gasteiger partial charge is 0.412 e. The van der Waals surface area contributed by atoms with Gasteiger partial charge in [0.2, 0.25) is 0 Å². The fourth-order valence-corrected chi connectivity index (χ4v) is 0. The zero-order chi connectivity index (χ0) is 6.12. The molecule has 0 aliphatic carbocycles. The SMILES string of the molecule is C#CC.CCOC.O. The van der Waals surface area contributed by atoms with E-state index in [4.69, 9.17) is 0 Å². The van der Waals surface area contributed by atoms with E-state index in [0.29, 0.717) is 0 Å². The monoisotopic (exact) mass is 118 g/mol. The third-order valence-corrected chi connectivity index (χ3v) is 0.289. The molecule has 50 valence electrons. The second kappa shape index (κ2) is 31.6. The number of hydrogen-bond acceptors (Lipinski definition) is 1. The summed E-state index contributed by atoms with van der Waals surface area (Å²) in [6, 6.07) is 0. The molecule has 0 aliphatic rings. The summed E-state index contributed by atoms with van der Waals surface area (Å²) in [5, 5.41) is 0. The molecule has 0 unspecified atom stereocenters. The summed E-state index contributed by atoms with van der Waals surface area (Å²) < 4.78 is 4.54. The molecule has 0 aromatic carbocycles. The van der Waals surface area contributed by atoms with Gasteiger partial charge in [0, 0.05) is 13.7 Å². The van der Waals surface area contributed by atoms with E-state index in [9.17, 15) is 0 Å². The molecule has 2 heteroatoms. The maximum Gasteiger partial charge on any atom is 0.0433 e. The smallest absolute Gasteiger partial charge is 0.0433 e. The molecule has 0 rings (SSSR count). The second-order valence-electron chi connectivity index (χ2n) is 0.866. The first-order chi connectivity index (χ1) is 3.33. The average molecular weight is 118 g/mol. The average Bonchev–Trinajstić information content (AvgIpc) is 1.69. The van der Waals surface area contributed by atoms with E-state index in [2.05, 4.69) is 17.1 Å². The predicted molar refractivity (Wildman–Crippen MR) is 35.7 cm³/mol. The minimum absolute atomic E-state index is 0. The highest BCUT2D eigenvalue weighted by Crippen LogP contribution is 1.52. The molecule has 0 aromatic rings. The lowest BCUT2D eigenvalue weighted by Crippen LogP contribution is -1.73. The lowest BCUT2D eigenvalue weighted by Gasteiger charge is -1.76. The van der Waals surface area contributed by atoms with Gasteiger partial charge < -0.3 is 10.2 Å². The molecule has 0 saturated heterocycles. The van der Waals surface area contributed by atoms with Gasteiger partial charge in [-0.15, -0.1) is 12.3 Å². The van der Waals surface area contributed by atoms with E-state index in [1.54, 1.807) is 14.0 Å². The van der Waals surface area contributed by atoms with Crippen LogP contribution in [0.1, 0.15) is 13.8 Å². The van der Waals surface area contributed by atoms with Crippen LogP contribution in [-0.4, -0.2) is 19.2 Å². The van der Waals surface area contributed by atoms with Gasteiger partial charge in [0.05, 0.1) is 0 Å². The van der Waals surface area contributed by atoms with Crippen molar-refractivity contribution in [2.75, 3.05) is 13.7 Å². The maximum atomic E-state index is 4.60. The van der Waals surface area contributed by atoms with Gasteiger partial charge in [-0.3, -0.25) is 0 Å². The van der Waals surface area contributed by atoms with Gasteiger partial charge in [-0.25, -0.2) is 0 Å². The molecular formula is C6H14O2. The fraction of sp³-hybridized carbons (Fsp3) is 0.667. The van der Waals surface area contributed by atoms with Crippen molar-refractivity contribution in [3.05, 3.63) is 0 Å². The number of terminal acetylenes is 1. The Morgan fingerprint density at radius 1 is 1.62 bits per heavy atom. The Bertz CT molecular complexity index is 43.0. The molecule has 0 spiro atoms. The zero-order valence-corrected chi connectivity index (χ0v) is 5.69. The van der Waals surface area contributed by atoms with Gasteiger partial charge in [0.1, 0.15) is 0 Å². The summed E-state index contributed by atoms with van der Waals surface area (Å²) in [6.45, 7) is 4.43. The fourth-order valence-electron chi connectivity index (χ4n) is 0. The lowest BCUT2D eigenvalue weighted by atomic mass is 10.9. The molecule has 2 N–H and O–H groups in total. The molecule has 0 fully saturated rings. The van der Waals surface area contributed by atoms with Crippen molar-refractivity contribution >= 4 is 0 Å². The minimum atomic E-state index is 0. The lowest BCUT2D eigenvalue weighted by molar-refractivity contribution is 0.215. The molecule has 0 aromatic heterocycles. The van der Waals surface area contributed by atoms with Crippen molar-refractivity contribution in [3.8, 4) is 12.3 Å². The van der Waals surface area contributed by atoms with Gasteiger partial charge in [-0.2, -0.15) is 0 Å². The first-order valence-corrected chi connectivity index (χ1v) is 2.19. The summed E-state index contributed by atoms with van der Waals surface area (Å²) in [4.78, 5) is 0. The summed E-state index contributed by atoms with van der Waals surface area (Å²) in [6.07, 6.45) is 4.60. The van der Waals surface area contributed by atoms with Gasteiger partial charge in [0.15, 0.2) is 0 Å². The second-order valence-corrected chi connectivity index (χ2v) is 0.866. The first-order valence-electron chi connectivity index (χ1n) is 2.19. The van der Waals surface area contributed by atoms with Crippen LogP contribution >= 0.6 is 0 Å². The van der Waals surface area contributed by atoms with Gasteiger partial charge >= 0.3 is 0 Å². The highest BCUT2D eigenvalue weighted by Gasteiger charge is 1.51. The summed E-state index contributed by atoms with van der Waals surface area (Å²) >= 11 is 0. The van der Waals surface area contributed by atoms with Crippen LogP contribution in [0.25, 0.3) is 0 Å². The van der Waals surface area contributed by atoms with E-state index in [0.717, 1.165) is 6.61 Å². The number of ether oxygens (including phenoxy) is 1. The Balaban J connectivity index is -0.0000000575. The van der Waals surface area contributed by atoms with Gasteiger partial charge in [0.25, 0.3) is 0 Å². The van der Waals surface area contributed by atoms with Crippen LogP contribution < -0.4 is 0 Å². The Morgan fingerprint density at radius 3 is 1.75 bits per heavy atom. The normalized spacial score (nSPS) is 4.75. The zero-order valence-electron chi connectivity index (χ0n) is 5.69. The molecule has 2 nitrogen and oxygen atoms in total. The topological polar surface area (TPSA) is 40.7 Å². The minimum Gasteiger partial charge on any atom is -0.412 e. The van der Waals surface area contributed by atoms with Crippen molar-refractivity contribution in [2.24, 2.45) is 0 Å². The van der Waals surface area contributed by atoms with Crippen LogP contribution in [0, 0.1) is 12.3 Å². The molecular weight excluding hydrogens is 104 g/mol. The molecule has 0 atom stereocenters. The first kappa shape index (κ1) is 15.6. The Hall–Kier alpha value is -0.520. The summed E-state index contributed by atoms with van der Waals surface area (Å²) in [5.74, 6) is 2.25. The van der Waals surface area contributed by atoms with E-state index >= 15 is 0 Å². The van der Waals surface area contributed by atoms with E-state index < -0.39 is 0 Å². The van der Waals surface area contributed by atoms with E-state index in [1.807, 2.05) is 6.92 Å². The highest BCUT2D eigenvalue weighted by atomic mass is 16.5. The summed E-state index contributed by atoms with van der Waals surface area (Å²) in [5.41, 5.74) is 0. The molecule has 0 radical (unpaired) electrons. The van der Waals surface area contributed by atoms with Crippen molar-refractivity contribution in [1.82, 2.24) is 0 Å². The van der Waals surface area contributed by atoms with Crippen LogP contribution in [0.3, 0.4) is 0 Å². The quantitative estimate of drug-likeness (QED) is 0.461. The highest BCUT2D eigenvalue weighted by molar-refractivity contribution is 4.73. The third-order valence-electron chi connectivity index (χ3n) is 0.289. The summed E-state index contributed by atoms with van der Waals surface area (Å²) in [7, 11) is 1.68. The Kier molecular flexibility index (Phi) is 61.9. The number of hydrogen-bond donors (Lipinski definition) is 0. The van der Waals surface area contributed by atoms with Crippen molar-refractivity contribution in [2.45, 2.75) is 13.8 Å². The van der Waals surface area contributed by atoms with Crippen molar-refractivity contribution < 1.29 is 10.2 Å². The number of methoxy groups -OCH3 is 1. The maximum absolute atomic E-state index is 4.60. The molecule has 0 aliphatic heterocycles. The van der Waals surface area contributed by atoms with Crippen molar-refractivity contribution in [1.29, 1.82) is 0 Å². The third kappa shape index (κ3) is 477. The predicted octanol–water partition coefficient (Wildman–Crippen LogP) is 0.467. The standard InChI is InChI=1S/C3H8O.C3H4.H2O/c1-3-4-2;1-3-2;/h3H2,1-2H3;1H,2H3;1H2. The number of rotatable bonds is 1. The van der Waals surface area contributed by atoms with Crippen LogP contribution in [0.5, 0.6) is 0 Å². The molecule has 0 amide bonds. The van der Waals surface area contributed by atoms with Crippen molar-refractivity contribution in [3.63, 3.8) is 0 Å². The van der Waals surface area contributed by atoms with E-state index in [1.165, 1.54) is 0 Å². The molecule has 0 heterocycles.